The van der Waals surface area contributed by atoms with E-state index in [2.05, 4.69) is 10.1 Å². The van der Waals surface area contributed by atoms with Gasteiger partial charge in [0.05, 0.1) is 25.5 Å². The van der Waals surface area contributed by atoms with Gasteiger partial charge in [-0.15, -0.1) is 0 Å². The molecule has 4 nitrogen and oxygen atoms in total. The van der Waals surface area contributed by atoms with E-state index in [9.17, 15) is 4.79 Å². The number of anilines is 1. The van der Waals surface area contributed by atoms with Crippen molar-refractivity contribution in [1.29, 1.82) is 0 Å². The van der Waals surface area contributed by atoms with E-state index in [0.29, 0.717) is 17.0 Å². The second kappa shape index (κ2) is 4.50. The number of benzene rings is 1. The Bertz CT molecular complexity index is 336. The number of nitrogens with one attached hydrogen (secondary N) is 1. The van der Waals surface area contributed by atoms with Gasteiger partial charge in [-0.25, -0.2) is 4.79 Å². The molecule has 0 saturated heterocycles. The maximum Gasteiger partial charge on any atom is 0.340 e. The topological polar surface area (TPSA) is 47.6 Å². The van der Waals surface area contributed by atoms with E-state index in [1.807, 2.05) is 0 Å². The van der Waals surface area contributed by atoms with Gasteiger partial charge in [-0.1, -0.05) is 6.07 Å². The molecule has 0 radical (unpaired) electrons. The third-order valence-corrected chi connectivity index (χ3v) is 1.90. The molecular formula is C10H13NO3. The number of rotatable bonds is 3. The summed E-state index contributed by atoms with van der Waals surface area (Å²) >= 11 is 0. The molecule has 1 N–H and O–H groups in total. The summed E-state index contributed by atoms with van der Waals surface area (Å²) in [5.74, 6) is 0.239. The van der Waals surface area contributed by atoms with Gasteiger partial charge in [-0.3, -0.25) is 0 Å². The van der Waals surface area contributed by atoms with E-state index in [1.54, 1.807) is 32.4 Å². The lowest BCUT2D eigenvalue weighted by atomic mass is 10.1. The van der Waals surface area contributed by atoms with Crippen molar-refractivity contribution in [3.05, 3.63) is 23.8 Å². The highest BCUT2D eigenvalue weighted by molar-refractivity contribution is 5.97. The van der Waals surface area contributed by atoms with Gasteiger partial charge in [0.25, 0.3) is 0 Å². The summed E-state index contributed by atoms with van der Waals surface area (Å²) in [4.78, 5) is 11.3. The Hall–Kier alpha value is -1.71. The highest BCUT2D eigenvalue weighted by Crippen LogP contribution is 2.27. The van der Waals surface area contributed by atoms with Crippen LogP contribution in [0.5, 0.6) is 5.75 Å². The average molecular weight is 195 g/mol. The van der Waals surface area contributed by atoms with Gasteiger partial charge in [-0.05, 0) is 12.1 Å². The van der Waals surface area contributed by atoms with Crippen LogP contribution in [0.2, 0.25) is 0 Å². The first-order valence-electron chi connectivity index (χ1n) is 4.17. The van der Waals surface area contributed by atoms with Gasteiger partial charge in [0, 0.05) is 7.05 Å². The molecule has 0 unspecified atom stereocenters. The first kappa shape index (κ1) is 10.4. The SMILES string of the molecule is CNc1c(OC)cccc1C(=O)OC. The van der Waals surface area contributed by atoms with Crippen LogP contribution in [0, 0.1) is 0 Å². The summed E-state index contributed by atoms with van der Waals surface area (Å²) < 4.78 is 9.75. The second-order valence-corrected chi connectivity index (χ2v) is 2.62. The molecule has 0 atom stereocenters. The third kappa shape index (κ3) is 1.79. The van der Waals surface area contributed by atoms with Crippen molar-refractivity contribution >= 4 is 11.7 Å². The first-order chi connectivity index (χ1) is 6.74. The summed E-state index contributed by atoms with van der Waals surface area (Å²) in [7, 11) is 4.63. The summed E-state index contributed by atoms with van der Waals surface area (Å²) in [5.41, 5.74) is 1.11. The lowest BCUT2D eigenvalue weighted by molar-refractivity contribution is 0.0601. The molecule has 0 bridgehead atoms. The van der Waals surface area contributed by atoms with Crippen LogP contribution in [0.25, 0.3) is 0 Å². The van der Waals surface area contributed by atoms with Crippen molar-refractivity contribution in [2.45, 2.75) is 0 Å². The van der Waals surface area contributed by atoms with Crippen LogP contribution in [0.3, 0.4) is 0 Å². The fraction of sp³-hybridized carbons (Fsp3) is 0.300. The van der Waals surface area contributed by atoms with Crippen LogP contribution in [-0.4, -0.2) is 27.2 Å². The predicted molar refractivity (Wildman–Crippen MR) is 53.9 cm³/mol. The zero-order valence-electron chi connectivity index (χ0n) is 8.46. The number of para-hydroxylation sites is 1. The molecule has 0 fully saturated rings. The summed E-state index contributed by atoms with van der Waals surface area (Å²) in [6.07, 6.45) is 0. The van der Waals surface area contributed by atoms with E-state index in [-0.39, 0.29) is 5.97 Å². The molecule has 0 aliphatic heterocycles. The Kier molecular flexibility index (Phi) is 3.34. The molecular weight excluding hydrogens is 182 g/mol. The van der Waals surface area contributed by atoms with Crippen LogP contribution < -0.4 is 10.1 Å². The number of carbonyl (C=O) groups is 1. The normalized spacial score (nSPS) is 9.36. The number of hydrogen-bond donors (Lipinski definition) is 1. The zero-order valence-corrected chi connectivity index (χ0v) is 8.46. The van der Waals surface area contributed by atoms with Crippen molar-refractivity contribution in [2.75, 3.05) is 26.6 Å². The average Bonchev–Trinajstić information content (AvgIpc) is 2.26. The largest absolute Gasteiger partial charge is 0.495 e. The highest BCUT2D eigenvalue weighted by atomic mass is 16.5. The Morgan fingerprint density at radius 2 is 2.07 bits per heavy atom. The monoisotopic (exact) mass is 195 g/mol. The molecule has 0 heterocycles. The molecule has 14 heavy (non-hydrogen) atoms. The Morgan fingerprint density at radius 1 is 1.36 bits per heavy atom. The minimum Gasteiger partial charge on any atom is -0.495 e. The lowest BCUT2D eigenvalue weighted by Crippen LogP contribution is -2.06. The summed E-state index contributed by atoms with van der Waals surface area (Å²) in [6.45, 7) is 0. The quantitative estimate of drug-likeness (QED) is 0.743. The number of hydrogen-bond acceptors (Lipinski definition) is 4. The van der Waals surface area contributed by atoms with Gasteiger partial charge in [-0.2, -0.15) is 0 Å². The number of carbonyl (C=O) groups excluding carboxylic acids is 1. The van der Waals surface area contributed by atoms with Gasteiger partial charge in [0.15, 0.2) is 0 Å². The number of esters is 1. The van der Waals surface area contributed by atoms with Crippen LogP contribution in [0.1, 0.15) is 10.4 Å². The fourth-order valence-electron chi connectivity index (χ4n) is 1.24. The van der Waals surface area contributed by atoms with Gasteiger partial charge in [0.1, 0.15) is 5.75 Å². The Labute approximate surface area is 82.8 Å². The molecule has 0 aliphatic carbocycles. The van der Waals surface area contributed by atoms with Crippen LogP contribution in [0.15, 0.2) is 18.2 Å². The van der Waals surface area contributed by atoms with Crippen molar-refractivity contribution in [3.63, 3.8) is 0 Å². The molecule has 4 heteroatoms. The first-order valence-corrected chi connectivity index (χ1v) is 4.17. The van der Waals surface area contributed by atoms with E-state index >= 15 is 0 Å². The molecule has 0 saturated carbocycles. The van der Waals surface area contributed by atoms with Gasteiger partial charge in [0.2, 0.25) is 0 Å². The smallest absolute Gasteiger partial charge is 0.340 e. The molecule has 0 spiro atoms. The maximum absolute atomic E-state index is 11.3. The number of ether oxygens (including phenoxy) is 2. The molecule has 76 valence electrons. The van der Waals surface area contributed by atoms with Gasteiger partial charge >= 0.3 is 5.97 Å². The van der Waals surface area contributed by atoms with E-state index in [4.69, 9.17) is 4.74 Å². The molecule has 0 aromatic heterocycles. The van der Waals surface area contributed by atoms with Crippen molar-refractivity contribution in [1.82, 2.24) is 0 Å². The molecule has 0 aliphatic rings. The standard InChI is InChI=1S/C10H13NO3/c1-11-9-7(10(12)14-3)5-4-6-8(9)13-2/h4-6,11H,1-3H3. The second-order valence-electron chi connectivity index (χ2n) is 2.62. The van der Waals surface area contributed by atoms with Crippen molar-refractivity contribution < 1.29 is 14.3 Å². The number of methoxy groups -OCH3 is 2. The van der Waals surface area contributed by atoms with E-state index in [1.165, 1.54) is 7.11 Å². The molecule has 1 rings (SSSR count). The Balaban J connectivity index is 3.21. The molecule has 0 amide bonds. The predicted octanol–water partition coefficient (Wildman–Crippen LogP) is 1.52. The van der Waals surface area contributed by atoms with Crippen molar-refractivity contribution in [3.8, 4) is 5.75 Å². The van der Waals surface area contributed by atoms with Crippen LogP contribution in [-0.2, 0) is 4.74 Å². The minimum atomic E-state index is -0.381. The zero-order chi connectivity index (χ0) is 10.6. The summed E-state index contributed by atoms with van der Waals surface area (Å²) in [6, 6.07) is 5.20. The third-order valence-electron chi connectivity index (χ3n) is 1.90. The highest BCUT2D eigenvalue weighted by Gasteiger charge is 2.14. The van der Waals surface area contributed by atoms with Crippen LogP contribution in [0.4, 0.5) is 5.69 Å². The van der Waals surface area contributed by atoms with Gasteiger partial charge < -0.3 is 14.8 Å². The van der Waals surface area contributed by atoms with Crippen molar-refractivity contribution in [2.24, 2.45) is 0 Å². The molecule has 1 aromatic rings. The summed E-state index contributed by atoms with van der Waals surface area (Å²) in [5, 5.41) is 2.90. The molecule has 1 aromatic carbocycles. The van der Waals surface area contributed by atoms with E-state index < -0.39 is 0 Å². The minimum absolute atomic E-state index is 0.381. The maximum atomic E-state index is 11.3. The van der Waals surface area contributed by atoms with E-state index in [0.717, 1.165) is 0 Å². The lowest BCUT2D eigenvalue weighted by Gasteiger charge is -2.11. The fourth-order valence-corrected chi connectivity index (χ4v) is 1.24. The van der Waals surface area contributed by atoms with Crippen LogP contribution >= 0.6 is 0 Å². The Morgan fingerprint density at radius 3 is 2.57 bits per heavy atom.